The smallest absolute Gasteiger partial charge is 0.233 e. The van der Waals surface area contributed by atoms with Gasteiger partial charge in [-0.2, -0.15) is 26.3 Å². The zero-order chi connectivity index (χ0) is 13.6. The summed E-state index contributed by atoms with van der Waals surface area (Å²) in [5.41, 5.74) is -4.79. The highest BCUT2D eigenvalue weighted by Gasteiger charge is 2.44. The summed E-state index contributed by atoms with van der Waals surface area (Å²) >= 11 is 0.710. The minimum atomic E-state index is -5.43. The minimum absolute atomic E-state index is 0.710. The second-order valence-electron chi connectivity index (χ2n) is 2.75. The SMILES string of the molecule is Fc1c(C(F)(F)F)nc(C(F)(F)F)c(F)c1I. The van der Waals surface area contributed by atoms with Crippen LogP contribution < -0.4 is 0 Å². The van der Waals surface area contributed by atoms with Gasteiger partial charge in [-0.15, -0.1) is 0 Å². The van der Waals surface area contributed by atoms with Crippen molar-refractivity contribution in [3.8, 4) is 0 Å². The molecule has 0 saturated carbocycles. The van der Waals surface area contributed by atoms with Crippen LogP contribution >= 0.6 is 22.6 Å². The molecule has 1 nitrogen and oxygen atoms in total. The molecule has 0 unspecified atom stereocenters. The average Bonchev–Trinajstić information content (AvgIpc) is 2.10. The van der Waals surface area contributed by atoms with Crippen molar-refractivity contribution in [2.45, 2.75) is 12.4 Å². The maximum atomic E-state index is 12.9. The standard InChI is InChI=1S/C7F8IN/c8-1-3(16)2(9)5(7(13,14)15)17-4(1)6(10,11)12. The van der Waals surface area contributed by atoms with E-state index in [4.69, 9.17) is 0 Å². The summed E-state index contributed by atoms with van der Waals surface area (Å²) < 4.78 is 97.3. The first kappa shape index (κ1) is 14.4. The van der Waals surface area contributed by atoms with E-state index in [1.165, 1.54) is 0 Å². The number of hydrogen-bond acceptors (Lipinski definition) is 1. The zero-order valence-electron chi connectivity index (χ0n) is 7.35. The van der Waals surface area contributed by atoms with Crippen molar-refractivity contribution in [1.82, 2.24) is 4.98 Å². The lowest BCUT2D eigenvalue weighted by Gasteiger charge is -2.13. The molecular weight excluding hydrogens is 377 g/mol. The van der Waals surface area contributed by atoms with Crippen LogP contribution in [0.3, 0.4) is 0 Å². The number of aromatic nitrogens is 1. The molecule has 0 aromatic carbocycles. The van der Waals surface area contributed by atoms with Gasteiger partial charge >= 0.3 is 12.4 Å². The van der Waals surface area contributed by atoms with Crippen molar-refractivity contribution in [3.63, 3.8) is 0 Å². The second kappa shape index (κ2) is 4.21. The van der Waals surface area contributed by atoms with E-state index in [-0.39, 0.29) is 0 Å². The quantitative estimate of drug-likeness (QED) is 0.492. The van der Waals surface area contributed by atoms with Gasteiger partial charge < -0.3 is 0 Å². The molecule has 1 aromatic heterocycles. The number of halogens is 9. The fraction of sp³-hybridized carbons (Fsp3) is 0.286. The van der Waals surface area contributed by atoms with Gasteiger partial charge in [-0.05, 0) is 22.6 Å². The first-order valence-corrected chi connectivity index (χ1v) is 4.73. The first-order valence-electron chi connectivity index (χ1n) is 3.65. The van der Waals surface area contributed by atoms with Gasteiger partial charge in [-0.25, -0.2) is 13.8 Å². The molecule has 0 fully saturated rings. The van der Waals surface area contributed by atoms with E-state index in [9.17, 15) is 35.1 Å². The van der Waals surface area contributed by atoms with Crippen LogP contribution in [0.15, 0.2) is 0 Å². The molecular formula is C7F8IN. The zero-order valence-corrected chi connectivity index (χ0v) is 9.51. The molecule has 1 rings (SSSR count). The summed E-state index contributed by atoms with van der Waals surface area (Å²) in [5, 5.41) is 0. The van der Waals surface area contributed by atoms with Gasteiger partial charge in [0.1, 0.15) is 0 Å². The largest absolute Gasteiger partial charge is 0.436 e. The Morgan fingerprint density at radius 2 is 1.06 bits per heavy atom. The molecule has 96 valence electrons. The van der Waals surface area contributed by atoms with E-state index in [0.717, 1.165) is 0 Å². The minimum Gasteiger partial charge on any atom is -0.233 e. The molecule has 0 amide bonds. The summed E-state index contributed by atoms with van der Waals surface area (Å²) in [6, 6.07) is 0. The van der Waals surface area contributed by atoms with Gasteiger partial charge in [0.15, 0.2) is 23.0 Å². The highest BCUT2D eigenvalue weighted by Crippen LogP contribution is 2.37. The molecule has 0 aliphatic heterocycles. The van der Waals surface area contributed by atoms with Crippen molar-refractivity contribution in [3.05, 3.63) is 26.6 Å². The maximum Gasteiger partial charge on any atom is 0.436 e. The normalized spacial score (nSPS) is 13.0. The van der Waals surface area contributed by atoms with Crippen molar-refractivity contribution in [1.29, 1.82) is 0 Å². The Morgan fingerprint density at radius 1 is 0.765 bits per heavy atom. The topological polar surface area (TPSA) is 12.9 Å². The van der Waals surface area contributed by atoms with E-state index >= 15 is 0 Å². The Labute approximate surface area is 102 Å². The Balaban J connectivity index is 3.63. The van der Waals surface area contributed by atoms with Crippen LogP contribution in [0.1, 0.15) is 11.4 Å². The van der Waals surface area contributed by atoms with Gasteiger partial charge in [0, 0.05) is 0 Å². The van der Waals surface area contributed by atoms with Crippen LogP contribution in [-0.4, -0.2) is 4.98 Å². The van der Waals surface area contributed by atoms with Gasteiger partial charge in [0.05, 0.1) is 3.57 Å². The molecule has 17 heavy (non-hydrogen) atoms. The molecule has 10 heteroatoms. The molecule has 0 aliphatic carbocycles. The summed E-state index contributed by atoms with van der Waals surface area (Å²) in [6.07, 6.45) is -10.9. The summed E-state index contributed by atoms with van der Waals surface area (Å²) in [5.74, 6) is -4.33. The Bertz CT molecular complexity index is 410. The van der Waals surface area contributed by atoms with Gasteiger partial charge in [-0.3, -0.25) is 0 Å². The van der Waals surface area contributed by atoms with Crippen LogP contribution in [-0.2, 0) is 12.4 Å². The van der Waals surface area contributed by atoms with Crippen molar-refractivity contribution in [2.75, 3.05) is 0 Å². The van der Waals surface area contributed by atoms with Crippen molar-refractivity contribution in [2.24, 2.45) is 0 Å². The number of pyridine rings is 1. The molecule has 0 bridgehead atoms. The van der Waals surface area contributed by atoms with Crippen LogP contribution in [0.2, 0.25) is 0 Å². The molecule has 0 aliphatic rings. The van der Waals surface area contributed by atoms with Crippen molar-refractivity contribution < 1.29 is 35.1 Å². The average molecular weight is 377 g/mol. The Morgan fingerprint density at radius 3 is 1.29 bits per heavy atom. The lowest BCUT2D eigenvalue weighted by molar-refractivity contribution is -0.153. The number of alkyl halides is 6. The fourth-order valence-electron chi connectivity index (χ4n) is 0.890. The summed E-state index contributed by atoms with van der Waals surface area (Å²) in [4.78, 5) is 1.97. The molecule has 0 radical (unpaired) electrons. The number of rotatable bonds is 0. The molecule has 1 heterocycles. The van der Waals surface area contributed by atoms with E-state index in [1.54, 1.807) is 0 Å². The third kappa shape index (κ3) is 2.77. The van der Waals surface area contributed by atoms with Gasteiger partial charge in [0.2, 0.25) is 0 Å². The number of nitrogens with zero attached hydrogens (tertiary/aromatic N) is 1. The highest BCUT2D eigenvalue weighted by atomic mass is 127. The molecule has 1 aromatic rings. The van der Waals surface area contributed by atoms with E-state index in [1.807, 2.05) is 4.98 Å². The van der Waals surface area contributed by atoms with Crippen LogP contribution in [0.25, 0.3) is 0 Å². The summed E-state index contributed by atoms with van der Waals surface area (Å²) in [6.45, 7) is 0. The van der Waals surface area contributed by atoms with E-state index < -0.39 is 38.9 Å². The molecule has 0 atom stereocenters. The Kier molecular flexibility index (Phi) is 3.56. The highest BCUT2D eigenvalue weighted by molar-refractivity contribution is 14.1. The lowest BCUT2D eigenvalue weighted by Crippen LogP contribution is -2.20. The Hall–Kier alpha value is -0.680. The van der Waals surface area contributed by atoms with Gasteiger partial charge in [0.25, 0.3) is 0 Å². The molecule has 0 saturated heterocycles. The lowest BCUT2D eigenvalue weighted by atomic mass is 10.2. The van der Waals surface area contributed by atoms with Crippen LogP contribution in [0, 0.1) is 15.2 Å². The van der Waals surface area contributed by atoms with Gasteiger partial charge in [-0.1, -0.05) is 0 Å². The molecule has 0 N–H and O–H groups in total. The summed E-state index contributed by atoms with van der Waals surface area (Å²) in [7, 11) is 0. The van der Waals surface area contributed by atoms with Crippen LogP contribution in [0.5, 0.6) is 0 Å². The monoisotopic (exact) mass is 377 g/mol. The van der Waals surface area contributed by atoms with E-state index in [0.29, 0.717) is 22.6 Å². The van der Waals surface area contributed by atoms with Crippen LogP contribution in [0.4, 0.5) is 35.1 Å². The molecule has 0 spiro atoms. The first-order chi connectivity index (χ1) is 7.46. The van der Waals surface area contributed by atoms with Crippen molar-refractivity contribution >= 4 is 22.6 Å². The maximum absolute atomic E-state index is 12.9. The van der Waals surface area contributed by atoms with E-state index in [2.05, 4.69) is 0 Å². The number of hydrogen-bond donors (Lipinski definition) is 0. The fourth-order valence-corrected chi connectivity index (χ4v) is 1.40. The third-order valence-electron chi connectivity index (χ3n) is 1.56. The second-order valence-corrected chi connectivity index (χ2v) is 3.83. The predicted octanol–water partition coefficient (Wildman–Crippen LogP) is 4.00. The third-order valence-corrected chi connectivity index (χ3v) is 2.51. The predicted molar refractivity (Wildman–Crippen MR) is 46.9 cm³/mol.